The van der Waals surface area contributed by atoms with E-state index in [1.807, 2.05) is 13.8 Å². The highest BCUT2D eigenvalue weighted by Crippen LogP contribution is 2.61. The van der Waals surface area contributed by atoms with E-state index in [0.717, 1.165) is 27.8 Å². The van der Waals surface area contributed by atoms with Gasteiger partial charge >= 0.3 is 11.9 Å². The molecule has 5 aliphatic rings. The molecule has 0 aliphatic carbocycles. The van der Waals surface area contributed by atoms with Crippen molar-refractivity contribution in [1.29, 1.82) is 0 Å². The summed E-state index contributed by atoms with van der Waals surface area (Å²) in [6.45, 7) is 8.09. The first kappa shape index (κ1) is 35.6. The van der Waals surface area contributed by atoms with Crippen LogP contribution in [0.5, 0.6) is 40.2 Å². The SMILES string of the molecule is COc1cc2c(cc1O)CCN[C@@]2(CS)C(=O)OC[C@H]1c2c3c(c(C)c(OC(C)=O)c2[C@@H](C)C2[C@@H]4[N-][C@@H](Cc5cc(C)c(OC)c(O)c54)CN21)OCO3. The van der Waals surface area contributed by atoms with Crippen molar-refractivity contribution in [2.45, 2.75) is 76.2 Å². The van der Waals surface area contributed by atoms with E-state index in [1.54, 1.807) is 19.2 Å². The second-order valence-corrected chi connectivity index (χ2v) is 14.9. The van der Waals surface area contributed by atoms with Crippen LogP contribution in [0.3, 0.4) is 0 Å². The molecule has 8 rings (SSSR count). The maximum Gasteiger partial charge on any atom is 0.331 e. The van der Waals surface area contributed by atoms with Crippen LogP contribution >= 0.6 is 12.6 Å². The smallest absolute Gasteiger partial charge is 0.331 e. The largest absolute Gasteiger partial charge is 0.650 e. The van der Waals surface area contributed by atoms with Gasteiger partial charge in [-0.1, -0.05) is 19.0 Å². The lowest BCUT2D eigenvalue weighted by Crippen LogP contribution is -2.58. The molecule has 1 saturated heterocycles. The molecule has 13 nitrogen and oxygen atoms in total. The van der Waals surface area contributed by atoms with E-state index < -0.39 is 29.6 Å². The van der Waals surface area contributed by atoms with Gasteiger partial charge in [0, 0.05) is 42.0 Å². The highest BCUT2D eigenvalue weighted by Gasteiger charge is 2.51. The Morgan fingerprint density at radius 3 is 2.55 bits per heavy atom. The molecule has 6 atom stereocenters. The number of methoxy groups -OCH3 is 2. The fourth-order valence-corrected chi connectivity index (χ4v) is 9.89. The number of fused-ring (bicyclic) bond motifs is 10. The zero-order valence-corrected chi connectivity index (χ0v) is 31.5. The van der Waals surface area contributed by atoms with E-state index in [9.17, 15) is 19.8 Å². The van der Waals surface area contributed by atoms with Gasteiger partial charge < -0.3 is 44.0 Å². The number of phenolic OH excluding ortho intramolecular Hbond substituents is 2. The van der Waals surface area contributed by atoms with Gasteiger partial charge in [-0.2, -0.15) is 12.6 Å². The van der Waals surface area contributed by atoms with E-state index in [0.29, 0.717) is 65.6 Å². The number of nitrogens with one attached hydrogen (secondary N) is 1. The first-order valence-corrected chi connectivity index (χ1v) is 18.5. The third-order valence-electron chi connectivity index (χ3n) is 11.7. The molecular weight excluding hydrogens is 703 g/mol. The van der Waals surface area contributed by atoms with Gasteiger partial charge in [0.1, 0.15) is 12.4 Å². The molecule has 0 amide bonds. The second-order valence-electron chi connectivity index (χ2n) is 14.6. The number of phenols is 2. The van der Waals surface area contributed by atoms with Crippen molar-refractivity contribution in [3.05, 3.63) is 68.0 Å². The molecule has 3 N–H and O–H groups in total. The molecule has 53 heavy (non-hydrogen) atoms. The maximum atomic E-state index is 14.5. The molecule has 5 aliphatic heterocycles. The minimum absolute atomic E-state index is 0.00930. The topological polar surface area (TPSA) is 159 Å². The van der Waals surface area contributed by atoms with Crippen LogP contribution in [0.2, 0.25) is 0 Å². The van der Waals surface area contributed by atoms with Crippen LogP contribution in [0, 0.1) is 13.8 Å². The Morgan fingerprint density at radius 2 is 1.83 bits per heavy atom. The molecule has 0 saturated carbocycles. The number of hydrogen-bond acceptors (Lipinski definition) is 13. The molecule has 3 aromatic rings. The van der Waals surface area contributed by atoms with Gasteiger partial charge in [-0.3, -0.25) is 15.0 Å². The number of ether oxygens (including phenoxy) is 6. The Labute approximate surface area is 313 Å². The highest BCUT2D eigenvalue weighted by atomic mass is 32.1. The number of thiol groups is 1. The average Bonchev–Trinajstić information content (AvgIpc) is 3.62. The second kappa shape index (κ2) is 13.2. The van der Waals surface area contributed by atoms with Crippen molar-refractivity contribution in [3.63, 3.8) is 0 Å². The number of rotatable bonds is 7. The molecular formula is C39H44N3O10S-. The predicted molar refractivity (Wildman–Crippen MR) is 196 cm³/mol. The van der Waals surface area contributed by atoms with E-state index in [2.05, 4.69) is 35.8 Å². The maximum absolute atomic E-state index is 14.5. The molecule has 2 bridgehead atoms. The van der Waals surface area contributed by atoms with Crippen molar-refractivity contribution in [2.24, 2.45) is 0 Å². The van der Waals surface area contributed by atoms with Gasteiger partial charge in [-0.05, 0) is 79.1 Å². The first-order valence-electron chi connectivity index (χ1n) is 17.9. The summed E-state index contributed by atoms with van der Waals surface area (Å²) in [5.74, 6) is 0.865. The van der Waals surface area contributed by atoms with Crippen LogP contribution in [0.15, 0.2) is 18.2 Å². The molecule has 0 aromatic heterocycles. The summed E-state index contributed by atoms with van der Waals surface area (Å²) in [5, 5.41) is 30.9. The van der Waals surface area contributed by atoms with Gasteiger partial charge in [-0.25, -0.2) is 4.79 Å². The number of aryl methyl sites for hydroxylation is 1. The van der Waals surface area contributed by atoms with Crippen LogP contribution in [0.4, 0.5) is 0 Å². The summed E-state index contributed by atoms with van der Waals surface area (Å²) in [4.78, 5) is 29.5. The van der Waals surface area contributed by atoms with Crippen LogP contribution in [-0.2, 0) is 32.7 Å². The molecule has 1 fully saturated rings. The Morgan fingerprint density at radius 1 is 1.06 bits per heavy atom. The summed E-state index contributed by atoms with van der Waals surface area (Å²) in [6.07, 6.45) is 1.20. The third kappa shape index (κ3) is 5.31. The Bertz CT molecular complexity index is 2040. The summed E-state index contributed by atoms with van der Waals surface area (Å²) < 4.78 is 35.6. The van der Waals surface area contributed by atoms with Gasteiger partial charge in [0.2, 0.25) is 6.79 Å². The van der Waals surface area contributed by atoms with Crippen LogP contribution < -0.4 is 29.0 Å². The van der Waals surface area contributed by atoms with Gasteiger partial charge in [0.25, 0.3) is 0 Å². The minimum Gasteiger partial charge on any atom is -0.650 e. The summed E-state index contributed by atoms with van der Waals surface area (Å²) in [7, 11) is 3.00. The van der Waals surface area contributed by atoms with E-state index in [4.69, 9.17) is 33.7 Å². The van der Waals surface area contributed by atoms with Gasteiger partial charge in [0.15, 0.2) is 40.0 Å². The Balaban J connectivity index is 1.27. The van der Waals surface area contributed by atoms with Crippen LogP contribution in [0.25, 0.3) is 5.32 Å². The van der Waals surface area contributed by atoms with Gasteiger partial charge in [-0.15, -0.1) is 6.04 Å². The molecule has 3 aromatic carbocycles. The normalized spacial score (nSPS) is 26.4. The minimum atomic E-state index is -1.33. The quantitative estimate of drug-likeness (QED) is 0.149. The number of carbonyl (C=O) groups excluding carboxylic acids is 2. The fraction of sp³-hybridized carbons (Fsp3) is 0.487. The number of esters is 2. The lowest BCUT2D eigenvalue weighted by Gasteiger charge is -2.63. The first-order chi connectivity index (χ1) is 25.4. The van der Waals surface area contributed by atoms with Crippen molar-refractivity contribution in [2.75, 3.05) is 46.5 Å². The number of nitrogens with zero attached hydrogens (tertiary/aromatic N) is 2. The lowest BCUT2D eigenvalue weighted by atomic mass is 9.70. The van der Waals surface area contributed by atoms with Crippen molar-refractivity contribution in [3.8, 4) is 40.2 Å². The average molecular weight is 747 g/mol. The summed E-state index contributed by atoms with van der Waals surface area (Å²) in [5.41, 5.74) is 4.78. The zero-order valence-electron chi connectivity index (χ0n) is 30.6. The standard InChI is InChI=1S/C39H44N3O10S/c1-17-9-22-10-23-13-42-25(14-49-38(46)39(15-53)24-12-27(47-5)26(44)11-21(24)7-8-40-39)30-28(35(52-20(4)43)19(3)36-37(30)51-16-50-36)18(2)32(42)31(41-23)29(22)33(45)34(17)48-6/h9,11-12,18,23,25,31-32,40,44-45,53H,7-8,10,13-16H2,1-6H3/q-1/t18-,23+,25+,31-,32?,39-/m1/s1. The van der Waals surface area contributed by atoms with Crippen molar-refractivity contribution in [1.82, 2.24) is 10.2 Å². The monoisotopic (exact) mass is 746 g/mol. The van der Waals surface area contributed by atoms with Gasteiger partial charge in [0.05, 0.1) is 20.3 Å². The molecule has 1 unspecified atom stereocenters. The number of benzene rings is 3. The van der Waals surface area contributed by atoms with Crippen LogP contribution in [-0.4, -0.2) is 85.6 Å². The van der Waals surface area contributed by atoms with Crippen LogP contribution in [0.1, 0.15) is 76.4 Å². The Kier molecular flexibility index (Phi) is 8.87. The molecule has 0 spiro atoms. The predicted octanol–water partition coefficient (Wildman–Crippen LogP) is 4.78. The number of hydrogen-bond donors (Lipinski definition) is 4. The number of piperazine rings is 1. The summed E-state index contributed by atoms with van der Waals surface area (Å²) >= 11 is 4.66. The summed E-state index contributed by atoms with van der Waals surface area (Å²) in [6, 6.07) is 3.87. The Hall–Kier alpha value is -4.37. The third-order valence-corrected chi connectivity index (χ3v) is 12.2. The lowest BCUT2D eigenvalue weighted by molar-refractivity contribution is -0.154. The van der Waals surface area contributed by atoms with E-state index >= 15 is 0 Å². The van der Waals surface area contributed by atoms with Crippen molar-refractivity contribution >= 4 is 24.6 Å². The highest BCUT2D eigenvalue weighted by molar-refractivity contribution is 7.80. The van der Waals surface area contributed by atoms with Crippen molar-refractivity contribution < 1.29 is 48.2 Å². The zero-order chi connectivity index (χ0) is 37.5. The van der Waals surface area contributed by atoms with E-state index in [1.165, 1.54) is 14.0 Å². The molecule has 14 heteroatoms. The fourth-order valence-electron chi connectivity index (χ4n) is 9.47. The molecule has 282 valence electrons. The number of carbonyl (C=O) groups is 2. The van der Waals surface area contributed by atoms with E-state index in [-0.39, 0.29) is 54.4 Å². The number of aromatic hydroxyl groups is 2. The molecule has 0 radical (unpaired) electrons. The molecule has 5 heterocycles.